The van der Waals surface area contributed by atoms with Gasteiger partial charge in [0.15, 0.2) is 0 Å². The average Bonchev–Trinajstić information content (AvgIpc) is 3.67. The summed E-state index contributed by atoms with van der Waals surface area (Å²) in [7, 11) is 0. The first-order valence-electron chi connectivity index (χ1n) is 16.8. The second kappa shape index (κ2) is 10.2. The molecule has 0 unspecified atom stereocenters. The molecule has 0 saturated carbocycles. The summed E-state index contributed by atoms with van der Waals surface area (Å²) in [5, 5.41) is 7.76. The fraction of sp³-hybridized carbons (Fsp3) is 0. The zero-order valence-corrected chi connectivity index (χ0v) is 27.3. The zero-order chi connectivity index (χ0) is 32.1. The molecular weight excluding hydrogens is 613 g/mol. The van der Waals surface area contributed by atoms with E-state index < -0.39 is 0 Å². The maximum absolute atomic E-state index is 2.47. The molecule has 8 aromatic carbocycles. The largest absolute Gasteiger partial charge is 0.310 e. The minimum atomic E-state index is 1.13. The van der Waals surface area contributed by atoms with Crippen LogP contribution >= 0.6 is 11.3 Å². The van der Waals surface area contributed by atoms with Crippen LogP contribution in [0.15, 0.2) is 170 Å². The van der Waals surface area contributed by atoms with Crippen molar-refractivity contribution in [1.29, 1.82) is 0 Å². The smallest absolute Gasteiger partial charge is 0.0568 e. The number of rotatable bonds is 4. The van der Waals surface area contributed by atoms with Gasteiger partial charge in [0, 0.05) is 58.8 Å². The topological polar surface area (TPSA) is 8.17 Å². The molecule has 0 radical (unpaired) electrons. The lowest BCUT2D eigenvalue weighted by molar-refractivity contribution is 1.18. The van der Waals surface area contributed by atoms with Crippen molar-refractivity contribution in [3.8, 4) is 27.9 Å². The number of anilines is 3. The van der Waals surface area contributed by atoms with Crippen molar-refractivity contribution in [3.63, 3.8) is 0 Å². The Kier molecular flexibility index (Phi) is 5.57. The molecule has 2 nitrogen and oxygen atoms in total. The van der Waals surface area contributed by atoms with Crippen LogP contribution in [-0.4, -0.2) is 4.57 Å². The van der Waals surface area contributed by atoms with Gasteiger partial charge in [-0.1, -0.05) is 109 Å². The van der Waals surface area contributed by atoms with E-state index in [0.717, 1.165) is 22.7 Å². The Morgan fingerprint density at radius 2 is 1.02 bits per heavy atom. The summed E-state index contributed by atoms with van der Waals surface area (Å²) in [6, 6.07) is 62.5. The van der Waals surface area contributed by atoms with Gasteiger partial charge in [0.25, 0.3) is 0 Å². The highest BCUT2D eigenvalue weighted by molar-refractivity contribution is 7.25. The zero-order valence-electron chi connectivity index (χ0n) is 26.5. The summed E-state index contributed by atoms with van der Waals surface area (Å²) in [5.74, 6) is 0. The summed E-state index contributed by atoms with van der Waals surface area (Å²) in [4.78, 5) is 2.47. The van der Waals surface area contributed by atoms with Crippen molar-refractivity contribution in [2.24, 2.45) is 0 Å². The van der Waals surface area contributed by atoms with Crippen LogP contribution in [0.5, 0.6) is 0 Å². The number of hydrogen-bond donors (Lipinski definition) is 0. The van der Waals surface area contributed by atoms with Gasteiger partial charge in [-0.15, -0.1) is 11.3 Å². The highest BCUT2D eigenvalue weighted by atomic mass is 32.1. The minimum absolute atomic E-state index is 1.13. The third kappa shape index (κ3) is 3.76. The number of nitrogens with zero attached hydrogens (tertiary/aromatic N) is 2. The molecule has 228 valence electrons. The van der Waals surface area contributed by atoms with Crippen molar-refractivity contribution in [2.45, 2.75) is 0 Å². The molecule has 0 spiro atoms. The highest BCUT2D eigenvalue weighted by Crippen LogP contribution is 2.53. The van der Waals surface area contributed by atoms with Gasteiger partial charge in [-0.3, -0.25) is 0 Å². The van der Waals surface area contributed by atoms with Crippen molar-refractivity contribution in [2.75, 3.05) is 4.90 Å². The lowest BCUT2D eigenvalue weighted by Crippen LogP contribution is -2.11. The van der Waals surface area contributed by atoms with Gasteiger partial charge in [0.05, 0.1) is 16.7 Å². The SMILES string of the molecule is c1ccc(N(c2ccc3sc4ccccc4c3c2)c2cc3c4c5c(cccc25)-c2ccccc2-c2cccc(c24)n3-c2ccccc2)cc1. The van der Waals surface area contributed by atoms with E-state index in [1.807, 2.05) is 11.3 Å². The van der Waals surface area contributed by atoms with Gasteiger partial charge in [0.2, 0.25) is 0 Å². The van der Waals surface area contributed by atoms with E-state index in [2.05, 4.69) is 179 Å². The molecule has 0 saturated heterocycles. The highest BCUT2D eigenvalue weighted by Gasteiger charge is 2.28. The monoisotopic (exact) mass is 640 g/mol. The van der Waals surface area contributed by atoms with Crippen LogP contribution in [0.25, 0.3) is 80.7 Å². The normalized spacial score (nSPS) is 12.1. The molecule has 10 aromatic rings. The fourth-order valence-corrected chi connectivity index (χ4v) is 9.38. The Morgan fingerprint density at radius 1 is 0.388 bits per heavy atom. The van der Waals surface area contributed by atoms with Gasteiger partial charge >= 0.3 is 0 Å². The standard InChI is InChI=1S/C46H28N2S/c1-3-13-29(14-4-1)47(31-25-26-43-38(27-31)34-19-9-10-24-42(34)49-43)40-28-41-46-44-35(20-11-22-37(40)44)32-17-7-8-18-33(32)36-21-12-23-39(45(36)46)48(41)30-15-5-2-6-16-30/h1-28H. The predicted molar refractivity (Wildman–Crippen MR) is 210 cm³/mol. The van der Waals surface area contributed by atoms with Crippen LogP contribution in [0.1, 0.15) is 0 Å². The van der Waals surface area contributed by atoms with Crippen LogP contribution < -0.4 is 4.90 Å². The Morgan fingerprint density at radius 3 is 1.84 bits per heavy atom. The van der Waals surface area contributed by atoms with E-state index in [1.54, 1.807) is 0 Å². The molecule has 0 atom stereocenters. The molecule has 0 aliphatic heterocycles. The second-order valence-electron chi connectivity index (χ2n) is 12.9. The minimum Gasteiger partial charge on any atom is -0.310 e. The summed E-state index contributed by atoms with van der Waals surface area (Å²) in [6.45, 7) is 0. The van der Waals surface area contributed by atoms with E-state index in [4.69, 9.17) is 0 Å². The summed E-state index contributed by atoms with van der Waals surface area (Å²) >= 11 is 1.86. The number of thiophene rings is 1. The third-order valence-corrected chi connectivity index (χ3v) is 11.4. The summed E-state index contributed by atoms with van der Waals surface area (Å²) < 4.78 is 5.10. The molecule has 1 aliphatic rings. The third-order valence-electron chi connectivity index (χ3n) is 10.3. The van der Waals surface area contributed by atoms with Gasteiger partial charge < -0.3 is 9.47 Å². The number of hydrogen-bond acceptors (Lipinski definition) is 2. The van der Waals surface area contributed by atoms with E-state index in [1.165, 1.54) is 75.0 Å². The Hall–Kier alpha value is -6.16. The average molecular weight is 641 g/mol. The molecular formula is C46H28N2S. The lowest BCUT2D eigenvalue weighted by atomic mass is 9.92. The molecule has 0 N–H and O–H groups in total. The number of aromatic nitrogens is 1. The molecule has 2 heterocycles. The molecule has 1 aliphatic carbocycles. The van der Waals surface area contributed by atoms with Gasteiger partial charge in [0.1, 0.15) is 0 Å². The van der Waals surface area contributed by atoms with Crippen molar-refractivity contribution in [3.05, 3.63) is 170 Å². The van der Waals surface area contributed by atoms with Gasteiger partial charge in [-0.25, -0.2) is 0 Å². The maximum Gasteiger partial charge on any atom is 0.0568 e. The van der Waals surface area contributed by atoms with Gasteiger partial charge in [-0.2, -0.15) is 0 Å². The number of fused-ring (bicyclic) bond motifs is 6. The second-order valence-corrected chi connectivity index (χ2v) is 14.0. The van der Waals surface area contributed by atoms with Crippen LogP contribution in [-0.2, 0) is 0 Å². The summed E-state index contributed by atoms with van der Waals surface area (Å²) in [6.07, 6.45) is 0. The Balaban J connectivity index is 1.33. The lowest BCUT2D eigenvalue weighted by Gasteiger charge is -2.28. The first-order valence-corrected chi connectivity index (χ1v) is 17.6. The van der Waals surface area contributed by atoms with Crippen LogP contribution in [0.4, 0.5) is 17.1 Å². The number of para-hydroxylation sites is 2. The van der Waals surface area contributed by atoms with Crippen molar-refractivity contribution >= 4 is 81.1 Å². The Labute approximate surface area is 287 Å². The van der Waals surface area contributed by atoms with Gasteiger partial charge in [-0.05, 0) is 82.9 Å². The molecule has 0 bridgehead atoms. The maximum atomic E-state index is 2.47. The molecule has 0 amide bonds. The van der Waals surface area contributed by atoms with Crippen LogP contribution in [0.3, 0.4) is 0 Å². The van der Waals surface area contributed by atoms with Crippen molar-refractivity contribution in [1.82, 2.24) is 4.57 Å². The fourth-order valence-electron chi connectivity index (χ4n) is 8.29. The van der Waals surface area contributed by atoms with E-state index >= 15 is 0 Å². The Bertz CT molecular complexity index is 2930. The van der Waals surface area contributed by atoms with E-state index in [-0.39, 0.29) is 0 Å². The first kappa shape index (κ1) is 26.9. The predicted octanol–water partition coefficient (Wildman–Crippen LogP) is 13.4. The first-order chi connectivity index (χ1) is 24.3. The van der Waals surface area contributed by atoms with Crippen LogP contribution in [0, 0.1) is 0 Å². The molecule has 49 heavy (non-hydrogen) atoms. The molecule has 0 fully saturated rings. The molecule has 11 rings (SSSR count). The molecule has 3 heteroatoms. The van der Waals surface area contributed by atoms with Crippen molar-refractivity contribution < 1.29 is 0 Å². The van der Waals surface area contributed by atoms with E-state index in [9.17, 15) is 0 Å². The molecule has 2 aromatic heterocycles. The van der Waals surface area contributed by atoms with Crippen LogP contribution in [0.2, 0.25) is 0 Å². The summed E-state index contributed by atoms with van der Waals surface area (Å²) in [5.41, 5.74) is 12.1. The quantitative estimate of drug-likeness (QED) is 0.186. The van der Waals surface area contributed by atoms with E-state index in [0.29, 0.717) is 0 Å². The number of benzene rings is 8.